The van der Waals surface area contributed by atoms with Gasteiger partial charge in [-0.25, -0.2) is 4.98 Å². The van der Waals surface area contributed by atoms with Crippen molar-refractivity contribution >= 4 is 23.4 Å². The van der Waals surface area contributed by atoms with Gasteiger partial charge >= 0.3 is 0 Å². The summed E-state index contributed by atoms with van der Waals surface area (Å²) in [6.45, 7) is 6.09. The van der Waals surface area contributed by atoms with Crippen molar-refractivity contribution in [2.24, 2.45) is 0 Å². The van der Waals surface area contributed by atoms with Gasteiger partial charge in [0, 0.05) is 17.4 Å². The van der Waals surface area contributed by atoms with E-state index in [1.165, 1.54) is 23.4 Å². The third-order valence-electron chi connectivity index (χ3n) is 3.83. The van der Waals surface area contributed by atoms with Crippen LogP contribution in [0.1, 0.15) is 44.9 Å². The largest absolute Gasteiger partial charge is 0.325 e. The predicted octanol–water partition coefficient (Wildman–Crippen LogP) is 3.79. The molecule has 6 heteroatoms. The zero-order valence-electron chi connectivity index (χ0n) is 15.0. The average molecular weight is 359 g/mol. The standard InChI is InChI=1S/C19H25N3O2S/c1-4-7-15-12-17(23)22-19(21-15)25-16(6-3)18(24)20-14-10-8-13(5-2)9-11-14/h8-12,16H,4-7H2,1-3H3,(H,20,24)(H,21,22,23). The smallest absolute Gasteiger partial charge is 0.251 e. The molecule has 1 aromatic heterocycles. The number of H-pyrrole nitrogens is 1. The van der Waals surface area contributed by atoms with Crippen LogP contribution in [-0.4, -0.2) is 21.1 Å². The van der Waals surface area contributed by atoms with Crippen molar-refractivity contribution in [2.75, 3.05) is 5.32 Å². The Bertz CT molecular complexity index is 756. The molecule has 0 radical (unpaired) electrons. The van der Waals surface area contributed by atoms with Gasteiger partial charge in [0.15, 0.2) is 5.16 Å². The van der Waals surface area contributed by atoms with Crippen molar-refractivity contribution in [3.8, 4) is 0 Å². The highest BCUT2D eigenvalue weighted by atomic mass is 32.2. The Morgan fingerprint density at radius 1 is 1.24 bits per heavy atom. The van der Waals surface area contributed by atoms with Gasteiger partial charge in [0.1, 0.15) is 0 Å². The van der Waals surface area contributed by atoms with Gasteiger partial charge in [-0.3, -0.25) is 9.59 Å². The van der Waals surface area contributed by atoms with Crippen molar-refractivity contribution < 1.29 is 4.79 Å². The Morgan fingerprint density at radius 3 is 2.56 bits per heavy atom. The Hall–Kier alpha value is -2.08. The molecule has 1 heterocycles. The highest BCUT2D eigenvalue weighted by Gasteiger charge is 2.19. The van der Waals surface area contributed by atoms with Gasteiger partial charge in [-0.05, 0) is 37.0 Å². The van der Waals surface area contributed by atoms with E-state index >= 15 is 0 Å². The molecule has 1 aromatic carbocycles. The van der Waals surface area contributed by atoms with Crippen molar-refractivity contribution in [1.82, 2.24) is 9.97 Å². The molecule has 1 amide bonds. The Labute approximate surface area is 152 Å². The number of rotatable bonds is 8. The Kier molecular flexibility index (Phi) is 7.25. The van der Waals surface area contributed by atoms with E-state index < -0.39 is 0 Å². The zero-order chi connectivity index (χ0) is 18.2. The number of nitrogens with zero attached hydrogens (tertiary/aromatic N) is 1. The maximum Gasteiger partial charge on any atom is 0.251 e. The number of aromatic amines is 1. The van der Waals surface area contributed by atoms with E-state index in [0.29, 0.717) is 11.6 Å². The maximum absolute atomic E-state index is 12.5. The van der Waals surface area contributed by atoms with Crippen LogP contribution in [0.5, 0.6) is 0 Å². The lowest BCUT2D eigenvalue weighted by Crippen LogP contribution is -2.25. The number of hydrogen-bond acceptors (Lipinski definition) is 4. The summed E-state index contributed by atoms with van der Waals surface area (Å²) < 4.78 is 0. The maximum atomic E-state index is 12.5. The Balaban J connectivity index is 2.07. The molecule has 0 fully saturated rings. The van der Waals surface area contributed by atoms with E-state index in [4.69, 9.17) is 0 Å². The van der Waals surface area contributed by atoms with Crippen LogP contribution in [0.15, 0.2) is 40.3 Å². The van der Waals surface area contributed by atoms with Gasteiger partial charge in [-0.2, -0.15) is 0 Å². The number of nitrogens with one attached hydrogen (secondary N) is 2. The fourth-order valence-corrected chi connectivity index (χ4v) is 3.36. The molecule has 1 unspecified atom stereocenters. The van der Waals surface area contributed by atoms with E-state index in [1.54, 1.807) is 0 Å². The van der Waals surface area contributed by atoms with Crippen molar-refractivity contribution in [2.45, 2.75) is 56.9 Å². The molecule has 134 valence electrons. The van der Waals surface area contributed by atoms with E-state index in [0.717, 1.165) is 30.6 Å². The normalized spacial score (nSPS) is 12.0. The van der Waals surface area contributed by atoms with Crippen molar-refractivity contribution in [3.05, 3.63) is 51.9 Å². The van der Waals surface area contributed by atoms with Crippen LogP contribution in [0.2, 0.25) is 0 Å². The second-order valence-corrected chi connectivity index (χ2v) is 7.04. The lowest BCUT2D eigenvalue weighted by molar-refractivity contribution is -0.115. The monoisotopic (exact) mass is 359 g/mol. The van der Waals surface area contributed by atoms with Crippen molar-refractivity contribution in [3.63, 3.8) is 0 Å². The van der Waals surface area contributed by atoms with Gasteiger partial charge in [0.25, 0.3) is 5.56 Å². The fourth-order valence-electron chi connectivity index (χ4n) is 2.43. The second-order valence-electron chi connectivity index (χ2n) is 5.85. The molecule has 0 aliphatic carbocycles. The van der Waals surface area contributed by atoms with E-state index in [9.17, 15) is 9.59 Å². The molecule has 0 saturated heterocycles. The highest BCUT2D eigenvalue weighted by Crippen LogP contribution is 2.23. The van der Waals surface area contributed by atoms with Crippen LogP contribution in [0.3, 0.4) is 0 Å². The van der Waals surface area contributed by atoms with Gasteiger partial charge in [-0.15, -0.1) is 0 Å². The third-order valence-corrected chi connectivity index (χ3v) is 5.07. The molecule has 0 aliphatic rings. The average Bonchev–Trinajstić information content (AvgIpc) is 2.60. The summed E-state index contributed by atoms with van der Waals surface area (Å²) in [7, 11) is 0. The highest BCUT2D eigenvalue weighted by molar-refractivity contribution is 8.00. The van der Waals surface area contributed by atoms with Crippen LogP contribution in [0, 0.1) is 0 Å². The molecule has 0 aliphatic heterocycles. The minimum Gasteiger partial charge on any atom is -0.325 e. The van der Waals surface area contributed by atoms with Gasteiger partial charge in [-0.1, -0.05) is 51.1 Å². The van der Waals surface area contributed by atoms with Gasteiger partial charge in [0.2, 0.25) is 5.91 Å². The first-order valence-electron chi connectivity index (χ1n) is 8.72. The lowest BCUT2D eigenvalue weighted by Gasteiger charge is -2.14. The predicted molar refractivity (Wildman–Crippen MR) is 103 cm³/mol. The van der Waals surface area contributed by atoms with Gasteiger partial charge < -0.3 is 10.3 Å². The Morgan fingerprint density at radius 2 is 1.96 bits per heavy atom. The molecule has 1 atom stereocenters. The summed E-state index contributed by atoms with van der Waals surface area (Å²) in [5.74, 6) is -0.0831. The summed E-state index contributed by atoms with van der Waals surface area (Å²) in [5.41, 5.74) is 2.60. The molecule has 0 bridgehead atoms. The first kappa shape index (κ1) is 19.2. The summed E-state index contributed by atoms with van der Waals surface area (Å²) in [4.78, 5) is 31.5. The van der Waals surface area contributed by atoms with Crippen LogP contribution in [-0.2, 0) is 17.6 Å². The number of aryl methyl sites for hydroxylation is 2. The molecule has 5 nitrogen and oxygen atoms in total. The van der Waals surface area contributed by atoms with Crippen LogP contribution in [0.25, 0.3) is 0 Å². The molecule has 0 spiro atoms. The lowest BCUT2D eigenvalue weighted by atomic mass is 10.1. The summed E-state index contributed by atoms with van der Waals surface area (Å²) in [6.07, 6.45) is 3.29. The SMILES string of the molecule is CCCc1cc(=O)[nH]c(SC(CC)C(=O)Nc2ccc(CC)cc2)n1. The summed E-state index contributed by atoms with van der Waals surface area (Å²) in [6, 6.07) is 9.37. The molecular weight excluding hydrogens is 334 g/mol. The first-order valence-corrected chi connectivity index (χ1v) is 9.60. The first-order chi connectivity index (χ1) is 12.0. The quantitative estimate of drug-likeness (QED) is 0.555. The number of carbonyl (C=O) groups excluding carboxylic acids is 1. The zero-order valence-corrected chi connectivity index (χ0v) is 15.8. The molecule has 2 aromatic rings. The molecule has 25 heavy (non-hydrogen) atoms. The number of aromatic nitrogens is 2. The molecule has 2 rings (SSSR count). The second kappa shape index (κ2) is 9.42. The van der Waals surface area contributed by atoms with E-state index in [1.807, 2.05) is 38.1 Å². The van der Waals surface area contributed by atoms with Crippen molar-refractivity contribution in [1.29, 1.82) is 0 Å². The molecule has 2 N–H and O–H groups in total. The molecule has 0 saturated carbocycles. The number of benzene rings is 1. The minimum atomic E-state index is -0.314. The van der Waals surface area contributed by atoms with Gasteiger partial charge in [0.05, 0.1) is 5.25 Å². The van der Waals surface area contributed by atoms with Crippen LogP contribution >= 0.6 is 11.8 Å². The van der Waals surface area contributed by atoms with Crippen LogP contribution < -0.4 is 10.9 Å². The number of carbonyl (C=O) groups is 1. The van der Waals surface area contributed by atoms with E-state index in [-0.39, 0.29) is 16.7 Å². The van der Waals surface area contributed by atoms with E-state index in [2.05, 4.69) is 22.2 Å². The van der Waals surface area contributed by atoms with Crippen LogP contribution in [0.4, 0.5) is 5.69 Å². The topological polar surface area (TPSA) is 74.8 Å². The molecular formula is C19H25N3O2S. The number of amides is 1. The number of thioether (sulfide) groups is 1. The summed E-state index contributed by atoms with van der Waals surface area (Å²) >= 11 is 1.30. The number of hydrogen-bond donors (Lipinski definition) is 2. The fraction of sp³-hybridized carbons (Fsp3) is 0.421. The number of anilines is 1. The third kappa shape index (κ3) is 5.74. The summed E-state index contributed by atoms with van der Waals surface area (Å²) in [5, 5.41) is 3.12. The minimum absolute atomic E-state index is 0.0831.